The Morgan fingerprint density at radius 3 is 1.88 bits per heavy atom. The molecule has 10 aromatic rings. The van der Waals surface area contributed by atoms with E-state index in [2.05, 4.69) is 178 Å². The molecular weight excluding hydrogens is 677 g/mol. The van der Waals surface area contributed by atoms with E-state index >= 15 is 0 Å². The highest BCUT2D eigenvalue weighted by atomic mass is 16.3. The third-order valence-corrected chi connectivity index (χ3v) is 12.9. The lowest BCUT2D eigenvalue weighted by Gasteiger charge is -2.23. The monoisotopic (exact) mass is 714 g/mol. The van der Waals surface area contributed by atoms with Crippen LogP contribution < -0.4 is 0 Å². The van der Waals surface area contributed by atoms with Gasteiger partial charge >= 0.3 is 0 Å². The lowest BCUT2D eigenvalue weighted by atomic mass is 9.79. The summed E-state index contributed by atoms with van der Waals surface area (Å²) in [6.45, 7) is 4.76. The average molecular weight is 715 g/mol. The number of para-hydroxylation sites is 1. The third-order valence-electron chi connectivity index (χ3n) is 12.9. The Bertz CT molecular complexity index is 3260. The molecule has 0 amide bonds. The highest BCUT2D eigenvalue weighted by molar-refractivity contribution is 6.20. The molecule has 0 atom stereocenters. The van der Waals surface area contributed by atoms with E-state index in [0.29, 0.717) is 0 Å². The summed E-state index contributed by atoms with van der Waals surface area (Å²) in [5.74, 6) is 0. The standard InChI is InChI=1S/C55H38O/c1-55(2)49-27-25-37(30-47(49)45-26-24-38-31-48-40-14-10-11-19-50(40)56-51(48)32-46(38)54(45)55)35-20-21-36-29-39(23-22-34(36)28-35)53-43-17-8-6-15-41(43)52(33-12-4-3-5-13-33)42-16-7-9-18-44(42)53/h3-21,24-32H,22-23H2,1-2H3. The van der Waals surface area contributed by atoms with Gasteiger partial charge in [-0.3, -0.25) is 0 Å². The summed E-state index contributed by atoms with van der Waals surface area (Å²) >= 11 is 0. The molecule has 0 saturated heterocycles. The van der Waals surface area contributed by atoms with E-state index in [1.165, 1.54) is 110 Å². The fourth-order valence-electron chi connectivity index (χ4n) is 10.3. The van der Waals surface area contributed by atoms with Gasteiger partial charge in [0, 0.05) is 16.2 Å². The zero-order valence-electron chi connectivity index (χ0n) is 31.5. The van der Waals surface area contributed by atoms with E-state index in [1.54, 1.807) is 0 Å². The SMILES string of the molecule is CC1(C)c2ccc(-c3ccc4c(c3)CCC(c3c5ccccc5c(-c5ccccc5)c5ccccc35)=C4)cc2-c2ccc3cc4c(cc3c21)oc1ccccc14. The summed E-state index contributed by atoms with van der Waals surface area (Å²) < 4.78 is 6.37. The fourth-order valence-corrected chi connectivity index (χ4v) is 10.3. The van der Waals surface area contributed by atoms with Crippen LogP contribution in [-0.2, 0) is 11.8 Å². The minimum absolute atomic E-state index is 0.132. The van der Waals surface area contributed by atoms with Crippen LogP contribution in [0.1, 0.15) is 48.1 Å². The van der Waals surface area contributed by atoms with Gasteiger partial charge in [-0.1, -0.05) is 159 Å². The van der Waals surface area contributed by atoms with Crippen molar-refractivity contribution >= 4 is 65.9 Å². The Morgan fingerprint density at radius 2 is 1.11 bits per heavy atom. The number of fused-ring (bicyclic) bond motifs is 11. The van der Waals surface area contributed by atoms with Crippen molar-refractivity contribution in [2.45, 2.75) is 32.1 Å². The van der Waals surface area contributed by atoms with Gasteiger partial charge in [0.05, 0.1) is 0 Å². The fraction of sp³-hybridized carbons (Fsp3) is 0.0909. The number of furan rings is 1. The maximum absolute atomic E-state index is 6.37. The number of benzene rings is 9. The molecule has 1 nitrogen and oxygen atoms in total. The maximum atomic E-state index is 6.37. The van der Waals surface area contributed by atoms with Crippen molar-refractivity contribution in [3.8, 4) is 33.4 Å². The molecule has 0 fully saturated rings. The van der Waals surface area contributed by atoms with Crippen molar-refractivity contribution in [1.82, 2.24) is 0 Å². The molecule has 0 saturated carbocycles. The molecular formula is C55H38O. The van der Waals surface area contributed by atoms with Crippen molar-refractivity contribution in [2.24, 2.45) is 0 Å². The minimum atomic E-state index is -0.132. The molecule has 1 heterocycles. The van der Waals surface area contributed by atoms with Gasteiger partial charge in [0.25, 0.3) is 0 Å². The normalized spacial score (nSPS) is 14.4. The van der Waals surface area contributed by atoms with Gasteiger partial charge in [0.15, 0.2) is 0 Å². The summed E-state index contributed by atoms with van der Waals surface area (Å²) in [4.78, 5) is 0. The quantitative estimate of drug-likeness (QED) is 0.166. The molecule has 0 radical (unpaired) electrons. The highest BCUT2D eigenvalue weighted by Crippen LogP contribution is 2.53. The predicted octanol–water partition coefficient (Wildman–Crippen LogP) is 15.2. The van der Waals surface area contributed by atoms with Gasteiger partial charge < -0.3 is 4.42 Å². The van der Waals surface area contributed by atoms with Crippen LogP contribution in [0, 0.1) is 0 Å². The molecule has 1 aromatic heterocycles. The molecule has 56 heavy (non-hydrogen) atoms. The van der Waals surface area contributed by atoms with Crippen LogP contribution in [0.5, 0.6) is 0 Å². The summed E-state index contributed by atoms with van der Waals surface area (Å²) in [7, 11) is 0. The molecule has 2 aliphatic carbocycles. The van der Waals surface area contributed by atoms with Crippen LogP contribution in [0.15, 0.2) is 168 Å². The van der Waals surface area contributed by atoms with Crippen molar-refractivity contribution in [3.05, 3.63) is 192 Å². The number of allylic oxidation sites excluding steroid dienone is 1. The Labute approximate surface area is 326 Å². The van der Waals surface area contributed by atoms with Gasteiger partial charge in [0.1, 0.15) is 11.2 Å². The lowest BCUT2D eigenvalue weighted by Crippen LogP contribution is -2.15. The molecule has 12 rings (SSSR count). The lowest BCUT2D eigenvalue weighted by molar-refractivity contribution is 0.663. The summed E-state index contributed by atoms with van der Waals surface area (Å²) in [6, 6.07) is 60.7. The first-order valence-electron chi connectivity index (χ1n) is 19.9. The Morgan fingerprint density at radius 1 is 0.446 bits per heavy atom. The number of hydrogen-bond acceptors (Lipinski definition) is 1. The van der Waals surface area contributed by atoms with E-state index in [4.69, 9.17) is 4.42 Å². The highest BCUT2D eigenvalue weighted by Gasteiger charge is 2.37. The molecule has 0 N–H and O–H groups in total. The summed E-state index contributed by atoms with van der Waals surface area (Å²) in [6.07, 6.45) is 4.48. The van der Waals surface area contributed by atoms with Gasteiger partial charge in [-0.25, -0.2) is 0 Å². The van der Waals surface area contributed by atoms with Gasteiger partial charge in [-0.15, -0.1) is 0 Å². The molecule has 2 aliphatic rings. The van der Waals surface area contributed by atoms with Crippen LogP contribution in [-0.4, -0.2) is 0 Å². The van der Waals surface area contributed by atoms with Gasteiger partial charge in [-0.05, 0) is 136 Å². The van der Waals surface area contributed by atoms with Crippen LogP contribution in [0.3, 0.4) is 0 Å². The molecule has 0 bridgehead atoms. The maximum Gasteiger partial charge on any atom is 0.136 e. The Hall–Kier alpha value is -6.70. The topological polar surface area (TPSA) is 13.1 Å². The number of rotatable bonds is 3. The largest absolute Gasteiger partial charge is 0.456 e. The third kappa shape index (κ3) is 4.49. The zero-order valence-corrected chi connectivity index (χ0v) is 31.5. The van der Waals surface area contributed by atoms with Crippen LogP contribution in [0.4, 0.5) is 0 Å². The molecule has 9 aromatic carbocycles. The van der Waals surface area contributed by atoms with E-state index in [0.717, 1.165) is 24.0 Å². The molecule has 0 aliphatic heterocycles. The number of aryl methyl sites for hydroxylation is 1. The van der Waals surface area contributed by atoms with Crippen molar-refractivity contribution in [1.29, 1.82) is 0 Å². The smallest absolute Gasteiger partial charge is 0.136 e. The second kappa shape index (κ2) is 11.7. The van der Waals surface area contributed by atoms with E-state index in [1.807, 2.05) is 6.07 Å². The van der Waals surface area contributed by atoms with E-state index < -0.39 is 0 Å². The first-order chi connectivity index (χ1) is 27.5. The van der Waals surface area contributed by atoms with Gasteiger partial charge in [0.2, 0.25) is 0 Å². The Balaban J connectivity index is 0.952. The van der Waals surface area contributed by atoms with Crippen LogP contribution >= 0.6 is 0 Å². The zero-order chi connectivity index (χ0) is 37.1. The van der Waals surface area contributed by atoms with Crippen LogP contribution in [0.2, 0.25) is 0 Å². The van der Waals surface area contributed by atoms with E-state index in [9.17, 15) is 0 Å². The first kappa shape index (κ1) is 31.6. The van der Waals surface area contributed by atoms with E-state index in [-0.39, 0.29) is 5.41 Å². The molecule has 1 heteroatoms. The molecule has 0 unspecified atom stereocenters. The second-order valence-electron chi connectivity index (χ2n) is 16.3. The van der Waals surface area contributed by atoms with Crippen molar-refractivity contribution < 1.29 is 4.42 Å². The number of hydrogen-bond donors (Lipinski definition) is 0. The summed E-state index contributed by atoms with van der Waals surface area (Å²) in [5, 5.41) is 10.2. The second-order valence-corrected chi connectivity index (χ2v) is 16.3. The van der Waals surface area contributed by atoms with Crippen molar-refractivity contribution in [2.75, 3.05) is 0 Å². The Kier molecular flexibility index (Phi) is 6.58. The molecule has 264 valence electrons. The first-order valence-corrected chi connectivity index (χ1v) is 19.9. The van der Waals surface area contributed by atoms with Crippen molar-refractivity contribution in [3.63, 3.8) is 0 Å². The summed E-state index contributed by atoms with van der Waals surface area (Å²) in [5.41, 5.74) is 17.9. The average Bonchev–Trinajstić information content (AvgIpc) is 3.72. The van der Waals surface area contributed by atoms with Crippen LogP contribution in [0.25, 0.3) is 99.3 Å². The predicted molar refractivity (Wildman–Crippen MR) is 237 cm³/mol. The minimum Gasteiger partial charge on any atom is -0.456 e. The molecule has 0 spiro atoms. The van der Waals surface area contributed by atoms with Gasteiger partial charge in [-0.2, -0.15) is 0 Å².